The summed E-state index contributed by atoms with van der Waals surface area (Å²) in [5, 5.41) is 14.4. The summed E-state index contributed by atoms with van der Waals surface area (Å²) >= 11 is 0. The first-order chi connectivity index (χ1) is 9.60. The number of rotatable bonds is 7. The standard InChI is InChI=1S/C14H28N4O2/c1-3-12(13(15)17-20)14(19)16-8-6-10-18-9-5-4-7-11(18)2/h11-12,20H,3-10H2,1-2H3,(H2,15,17)(H,16,19). The molecule has 1 aliphatic rings. The number of likely N-dealkylation sites (tertiary alicyclic amines) is 1. The summed E-state index contributed by atoms with van der Waals surface area (Å²) < 4.78 is 0. The molecule has 1 aliphatic heterocycles. The van der Waals surface area contributed by atoms with Gasteiger partial charge in [0.25, 0.3) is 0 Å². The van der Waals surface area contributed by atoms with Gasteiger partial charge in [0, 0.05) is 19.1 Å². The highest BCUT2D eigenvalue weighted by Crippen LogP contribution is 2.16. The van der Waals surface area contributed by atoms with Crippen molar-refractivity contribution in [3.8, 4) is 0 Å². The van der Waals surface area contributed by atoms with Crippen molar-refractivity contribution in [2.45, 2.75) is 52.0 Å². The molecule has 1 fully saturated rings. The van der Waals surface area contributed by atoms with Crippen LogP contribution in [0.15, 0.2) is 5.16 Å². The van der Waals surface area contributed by atoms with E-state index in [-0.39, 0.29) is 11.7 Å². The highest BCUT2D eigenvalue weighted by Gasteiger charge is 2.21. The monoisotopic (exact) mass is 284 g/mol. The van der Waals surface area contributed by atoms with Crippen LogP contribution < -0.4 is 11.1 Å². The minimum Gasteiger partial charge on any atom is -0.409 e. The van der Waals surface area contributed by atoms with Crippen LogP contribution in [0.2, 0.25) is 0 Å². The number of nitrogens with one attached hydrogen (secondary N) is 1. The van der Waals surface area contributed by atoms with Crippen LogP contribution in [0.3, 0.4) is 0 Å². The fraction of sp³-hybridized carbons (Fsp3) is 0.857. The summed E-state index contributed by atoms with van der Waals surface area (Å²) in [5.41, 5.74) is 5.50. The predicted molar refractivity (Wildman–Crippen MR) is 79.7 cm³/mol. The van der Waals surface area contributed by atoms with Crippen LogP contribution in [-0.2, 0) is 4.79 Å². The third-order valence-corrected chi connectivity index (χ3v) is 4.06. The van der Waals surface area contributed by atoms with Crippen LogP contribution in [0.25, 0.3) is 0 Å². The van der Waals surface area contributed by atoms with Crippen LogP contribution in [0.1, 0.15) is 46.0 Å². The summed E-state index contributed by atoms with van der Waals surface area (Å²) in [6, 6.07) is 0.653. The van der Waals surface area contributed by atoms with Crippen molar-refractivity contribution in [3.05, 3.63) is 0 Å². The topological polar surface area (TPSA) is 91.0 Å². The maximum Gasteiger partial charge on any atom is 0.230 e. The number of hydrogen-bond donors (Lipinski definition) is 3. The molecule has 2 unspecified atom stereocenters. The van der Waals surface area contributed by atoms with E-state index < -0.39 is 5.92 Å². The fourth-order valence-electron chi connectivity index (χ4n) is 2.71. The van der Waals surface area contributed by atoms with Crippen molar-refractivity contribution < 1.29 is 10.0 Å². The zero-order valence-electron chi connectivity index (χ0n) is 12.6. The molecular formula is C14H28N4O2. The van der Waals surface area contributed by atoms with E-state index in [9.17, 15) is 4.79 Å². The smallest absolute Gasteiger partial charge is 0.230 e. The molecule has 0 aromatic rings. The average Bonchev–Trinajstić information content (AvgIpc) is 2.45. The lowest BCUT2D eigenvalue weighted by atomic mass is 10.0. The molecule has 1 rings (SSSR count). The first kappa shape index (κ1) is 16.8. The molecule has 0 aromatic heterocycles. The lowest BCUT2D eigenvalue weighted by Gasteiger charge is -2.33. The van der Waals surface area contributed by atoms with E-state index in [1.807, 2.05) is 6.92 Å². The number of hydrogen-bond acceptors (Lipinski definition) is 4. The Hall–Kier alpha value is -1.30. The lowest BCUT2D eigenvalue weighted by Crippen LogP contribution is -2.41. The van der Waals surface area contributed by atoms with Gasteiger partial charge in [-0.25, -0.2) is 0 Å². The van der Waals surface area contributed by atoms with Crippen molar-refractivity contribution in [2.24, 2.45) is 16.8 Å². The average molecular weight is 284 g/mol. The summed E-state index contributed by atoms with van der Waals surface area (Å²) in [4.78, 5) is 14.4. The molecule has 1 saturated heterocycles. The molecule has 20 heavy (non-hydrogen) atoms. The molecule has 6 heteroatoms. The van der Waals surface area contributed by atoms with Crippen molar-refractivity contribution in [3.63, 3.8) is 0 Å². The quantitative estimate of drug-likeness (QED) is 0.215. The molecule has 4 N–H and O–H groups in total. The van der Waals surface area contributed by atoms with Crippen LogP contribution in [0.5, 0.6) is 0 Å². The Kier molecular flexibility index (Phi) is 7.36. The molecule has 1 amide bonds. The first-order valence-corrected chi connectivity index (χ1v) is 7.59. The maximum absolute atomic E-state index is 11.9. The molecule has 6 nitrogen and oxygen atoms in total. The highest BCUT2D eigenvalue weighted by molar-refractivity contribution is 6.01. The van der Waals surface area contributed by atoms with Gasteiger partial charge in [-0.2, -0.15) is 0 Å². The molecule has 0 bridgehead atoms. The van der Waals surface area contributed by atoms with Crippen molar-refractivity contribution in [2.75, 3.05) is 19.6 Å². The normalized spacial score (nSPS) is 22.5. The van der Waals surface area contributed by atoms with Gasteiger partial charge in [0.15, 0.2) is 5.84 Å². The highest BCUT2D eigenvalue weighted by atomic mass is 16.4. The Morgan fingerprint density at radius 2 is 2.30 bits per heavy atom. The zero-order valence-corrected chi connectivity index (χ0v) is 12.6. The molecule has 0 aromatic carbocycles. The molecule has 0 saturated carbocycles. The van der Waals surface area contributed by atoms with Crippen LogP contribution in [-0.4, -0.2) is 47.5 Å². The number of nitrogens with two attached hydrogens (primary N) is 1. The zero-order chi connectivity index (χ0) is 15.0. The number of piperidine rings is 1. The van der Waals surface area contributed by atoms with E-state index in [0.29, 0.717) is 19.0 Å². The molecule has 0 aliphatic carbocycles. The van der Waals surface area contributed by atoms with Crippen LogP contribution in [0.4, 0.5) is 0 Å². The number of amides is 1. The predicted octanol–water partition coefficient (Wildman–Crippen LogP) is 1.14. The number of carbonyl (C=O) groups excluding carboxylic acids is 1. The van der Waals surface area contributed by atoms with Gasteiger partial charge in [-0.3, -0.25) is 4.79 Å². The Bertz CT molecular complexity index is 333. The van der Waals surface area contributed by atoms with Crippen LogP contribution in [0, 0.1) is 5.92 Å². The Labute approximate surface area is 121 Å². The molecule has 0 spiro atoms. The second-order valence-electron chi connectivity index (χ2n) is 5.51. The summed E-state index contributed by atoms with van der Waals surface area (Å²) in [7, 11) is 0. The van der Waals surface area contributed by atoms with Gasteiger partial charge in [-0.05, 0) is 39.2 Å². The van der Waals surface area contributed by atoms with E-state index in [1.54, 1.807) is 0 Å². The van der Waals surface area contributed by atoms with Gasteiger partial charge in [0.2, 0.25) is 5.91 Å². The molecule has 116 valence electrons. The minimum absolute atomic E-state index is 0.0188. The Morgan fingerprint density at radius 1 is 1.55 bits per heavy atom. The third-order valence-electron chi connectivity index (χ3n) is 4.06. The van der Waals surface area contributed by atoms with Gasteiger partial charge in [-0.15, -0.1) is 0 Å². The van der Waals surface area contributed by atoms with Crippen LogP contribution >= 0.6 is 0 Å². The van der Waals surface area contributed by atoms with E-state index in [4.69, 9.17) is 10.9 Å². The van der Waals surface area contributed by atoms with E-state index in [0.717, 1.165) is 19.5 Å². The van der Waals surface area contributed by atoms with Gasteiger partial charge < -0.3 is 21.2 Å². The minimum atomic E-state index is -0.533. The second kappa shape index (κ2) is 8.79. The van der Waals surface area contributed by atoms with E-state index >= 15 is 0 Å². The Balaban J connectivity index is 2.24. The largest absolute Gasteiger partial charge is 0.409 e. The van der Waals surface area contributed by atoms with Gasteiger partial charge in [-0.1, -0.05) is 18.5 Å². The number of amidine groups is 1. The van der Waals surface area contributed by atoms with Crippen molar-refractivity contribution >= 4 is 11.7 Å². The number of nitrogens with zero attached hydrogens (tertiary/aromatic N) is 2. The van der Waals surface area contributed by atoms with Crippen molar-refractivity contribution in [1.82, 2.24) is 10.2 Å². The molecule has 2 atom stereocenters. The number of carbonyl (C=O) groups is 1. The van der Waals surface area contributed by atoms with Gasteiger partial charge in [0.05, 0.1) is 5.92 Å². The molecule has 0 radical (unpaired) electrons. The van der Waals surface area contributed by atoms with E-state index in [1.165, 1.54) is 19.3 Å². The third kappa shape index (κ3) is 5.00. The maximum atomic E-state index is 11.9. The first-order valence-electron chi connectivity index (χ1n) is 7.59. The molecular weight excluding hydrogens is 256 g/mol. The van der Waals surface area contributed by atoms with Gasteiger partial charge in [0.1, 0.15) is 0 Å². The summed E-state index contributed by atoms with van der Waals surface area (Å²) in [6.45, 7) is 6.93. The Morgan fingerprint density at radius 3 is 2.90 bits per heavy atom. The number of oxime groups is 1. The van der Waals surface area contributed by atoms with Crippen molar-refractivity contribution in [1.29, 1.82) is 0 Å². The fourth-order valence-corrected chi connectivity index (χ4v) is 2.71. The molecule has 1 heterocycles. The van der Waals surface area contributed by atoms with E-state index in [2.05, 4.69) is 22.3 Å². The van der Waals surface area contributed by atoms with Gasteiger partial charge >= 0.3 is 0 Å². The lowest BCUT2D eigenvalue weighted by molar-refractivity contribution is -0.123. The SMILES string of the molecule is CCC(C(=O)NCCCN1CCCCC1C)C(N)=NO. The summed E-state index contributed by atoms with van der Waals surface area (Å²) in [5.74, 6) is -0.710. The second-order valence-corrected chi connectivity index (χ2v) is 5.51. The summed E-state index contributed by atoms with van der Waals surface area (Å²) in [6.07, 6.45) is 5.34.